The Morgan fingerprint density at radius 2 is 1.84 bits per heavy atom. The van der Waals surface area contributed by atoms with Crippen molar-refractivity contribution < 1.29 is 5.11 Å². The fourth-order valence-corrected chi connectivity index (χ4v) is 1.93. The Labute approximate surface area is 113 Å². The number of hydrogen-bond acceptors (Lipinski definition) is 4. The van der Waals surface area contributed by atoms with Gasteiger partial charge in [0.25, 0.3) is 0 Å². The van der Waals surface area contributed by atoms with Crippen molar-refractivity contribution in [3.63, 3.8) is 0 Å². The van der Waals surface area contributed by atoms with E-state index in [1.165, 1.54) is 5.56 Å². The summed E-state index contributed by atoms with van der Waals surface area (Å²) >= 11 is 0. The maximum Gasteiger partial charge on any atom is 0.223 e. The van der Waals surface area contributed by atoms with Gasteiger partial charge in [-0.2, -0.15) is 0 Å². The Balaban J connectivity index is 2.11. The third-order valence-corrected chi connectivity index (χ3v) is 2.94. The van der Waals surface area contributed by atoms with Crippen molar-refractivity contribution in [2.75, 3.05) is 11.9 Å². The van der Waals surface area contributed by atoms with Gasteiger partial charge in [-0.15, -0.1) is 0 Å². The second kappa shape index (κ2) is 6.85. The van der Waals surface area contributed by atoms with Gasteiger partial charge >= 0.3 is 0 Å². The molecule has 2 rings (SSSR count). The Morgan fingerprint density at radius 3 is 2.47 bits per heavy atom. The summed E-state index contributed by atoms with van der Waals surface area (Å²) in [4.78, 5) is 8.53. The van der Waals surface area contributed by atoms with E-state index >= 15 is 0 Å². The van der Waals surface area contributed by atoms with Crippen LogP contribution in [-0.4, -0.2) is 21.7 Å². The van der Waals surface area contributed by atoms with Gasteiger partial charge in [0.2, 0.25) is 5.95 Å². The van der Waals surface area contributed by atoms with Crippen molar-refractivity contribution in [1.82, 2.24) is 9.97 Å². The maximum atomic E-state index is 9.01. The first kappa shape index (κ1) is 13.5. The van der Waals surface area contributed by atoms with Crippen molar-refractivity contribution in [3.05, 3.63) is 53.9 Å². The molecule has 0 unspecified atom stereocenters. The first-order chi connectivity index (χ1) is 9.29. The molecule has 0 aliphatic carbocycles. The molecule has 1 atom stereocenters. The minimum Gasteiger partial charge on any atom is -0.396 e. The zero-order valence-electron chi connectivity index (χ0n) is 11.1. The second-order valence-corrected chi connectivity index (χ2v) is 4.56. The van der Waals surface area contributed by atoms with Crippen molar-refractivity contribution in [1.29, 1.82) is 0 Å². The minimum absolute atomic E-state index is 0.121. The molecule has 0 bridgehead atoms. The van der Waals surface area contributed by atoms with Crippen LogP contribution in [0, 0.1) is 6.92 Å². The smallest absolute Gasteiger partial charge is 0.223 e. The van der Waals surface area contributed by atoms with E-state index in [9.17, 15) is 0 Å². The zero-order valence-corrected chi connectivity index (χ0v) is 11.1. The predicted molar refractivity (Wildman–Crippen MR) is 75.9 cm³/mol. The fraction of sp³-hybridized carbons (Fsp3) is 0.333. The molecule has 4 nitrogen and oxygen atoms in total. The molecule has 19 heavy (non-hydrogen) atoms. The average Bonchev–Trinajstić information content (AvgIpc) is 2.46. The van der Waals surface area contributed by atoms with Crippen molar-refractivity contribution in [3.8, 4) is 0 Å². The highest BCUT2D eigenvalue weighted by Crippen LogP contribution is 2.21. The number of aryl methyl sites for hydroxylation is 1. The van der Waals surface area contributed by atoms with Crippen molar-refractivity contribution in [2.45, 2.75) is 25.8 Å². The third kappa shape index (κ3) is 4.03. The van der Waals surface area contributed by atoms with Crippen LogP contribution in [0.15, 0.2) is 42.7 Å². The quantitative estimate of drug-likeness (QED) is 0.835. The molecule has 1 heterocycles. The highest BCUT2D eigenvalue weighted by Gasteiger charge is 2.11. The molecule has 0 spiro atoms. The molecule has 2 N–H and O–H groups in total. The van der Waals surface area contributed by atoms with Gasteiger partial charge in [0, 0.05) is 19.0 Å². The molecule has 1 aromatic carbocycles. The largest absolute Gasteiger partial charge is 0.396 e. The number of aliphatic hydroxyl groups excluding tert-OH is 1. The number of rotatable bonds is 6. The van der Waals surface area contributed by atoms with Crippen LogP contribution < -0.4 is 5.32 Å². The molecule has 0 aliphatic heterocycles. The Hall–Kier alpha value is -1.94. The SMILES string of the molecule is Cc1cnc(N[C@H](CCCO)c2ccccc2)nc1. The summed E-state index contributed by atoms with van der Waals surface area (Å²) in [6.07, 6.45) is 5.18. The molecule has 0 amide bonds. The van der Waals surface area contributed by atoms with E-state index < -0.39 is 0 Å². The normalized spacial score (nSPS) is 12.1. The molecule has 4 heteroatoms. The lowest BCUT2D eigenvalue weighted by atomic mass is 10.0. The number of nitrogens with zero attached hydrogens (tertiary/aromatic N) is 2. The summed E-state index contributed by atoms with van der Waals surface area (Å²) in [7, 11) is 0. The van der Waals surface area contributed by atoms with E-state index in [4.69, 9.17) is 5.11 Å². The first-order valence-corrected chi connectivity index (χ1v) is 6.50. The van der Waals surface area contributed by atoms with Gasteiger partial charge in [-0.05, 0) is 30.9 Å². The lowest BCUT2D eigenvalue weighted by molar-refractivity contribution is 0.281. The number of anilines is 1. The van der Waals surface area contributed by atoms with E-state index in [1.54, 1.807) is 12.4 Å². The van der Waals surface area contributed by atoms with Crippen LogP contribution in [0.5, 0.6) is 0 Å². The lowest BCUT2D eigenvalue weighted by Gasteiger charge is -2.18. The van der Waals surface area contributed by atoms with Crippen LogP contribution in [0.1, 0.15) is 30.0 Å². The van der Waals surface area contributed by atoms with Gasteiger partial charge < -0.3 is 10.4 Å². The Bertz CT molecular complexity index is 485. The van der Waals surface area contributed by atoms with Crippen LogP contribution in [0.3, 0.4) is 0 Å². The topological polar surface area (TPSA) is 58.0 Å². The number of aliphatic hydroxyl groups is 1. The summed E-state index contributed by atoms with van der Waals surface area (Å²) in [5.74, 6) is 0.623. The number of hydrogen-bond donors (Lipinski definition) is 2. The summed E-state index contributed by atoms with van der Waals surface area (Å²) in [6, 6.07) is 10.3. The molecule has 0 saturated carbocycles. The number of nitrogens with one attached hydrogen (secondary N) is 1. The maximum absolute atomic E-state index is 9.01. The Morgan fingerprint density at radius 1 is 1.16 bits per heavy atom. The monoisotopic (exact) mass is 257 g/mol. The van der Waals surface area contributed by atoms with Gasteiger partial charge in [0.1, 0.15) is 0 Å². The summed E-state index contributed by atoms with van der Waals surface area (Å²) < 4.78 is 0. The molecular formula is C15H19N3O. The number of aromatic nitrogens is 2. The van der Waals surface area contributed by atoms with Crippen LogP contribution in [0.2, 0.25) is 0 Å². The third-order valence-electron chi connectivity index (χ3n) is 2.94. The van der Waals surface area contributed by atoms with E-state index in [0.29, 0.717) is 5.95 Å². The molecule has 0 fully saturated rings. The molecule has 0 radical (unpaired) electrons. The molecule has 100 valence electrons. The predicted octanol–water partition coefficient (Wildman–Crippen LogP) is 2.71. The van der Waals surface area contributed by atoms with E-state index in [0.717, 1.165) is 18.4 Å². The molecule has 0 saturated heterocycles. The highest BCUT2D eigenvalue weighted by molar-refractivity contribution is 5.32. The fourth-order valence-electron chi connectivity index (χ4n) is 1.93. The summed E-state index contributed by atoms with van der Waals surface area (Å²) in [5, 5.41) is 12.3. The van der Waals surface area contributed by atoms with Crippen molar-refractivity contribution in [2.24, 2.45) is 0 Å². The summed E-state index contributed by atoms with van der Waals surface area (Å²) in [5.41, 5.74) is 2.22. The van der Waals surface area contributed by atoms with Crippen LogP contribution in [0.25, 0.3) is 0 Å². The number of benzene rings is 1. The lowest BCUT2D eigenvalue weighted by Crippen LogP contribution is -2.13. The van der Waals surface area contributed by atoms with Gasteiger partial charge in [-0.25, -0.2) is 9.97 Å². The van der Waals surface area contributed by atoms with Gasteiger partial charge in [0.05, 0.1) is 6.04 Å². The molecule has 2 aromatic rings. The van der Waals surface area contributed by atoms with Gasteiger partial charge in [-0.3, -0.25) is 0 Å². The standard InChI is InChI=1S/C15H19N3O/c1-12-10-16-15(17-11-12)18-14(8-5-9-19)13-6-3-2-4-7-13/h2-4,6-7,10-11,14,19H,5,8-9H2,1H3,(H,16,17,18)/t14-/m1/s1. The molecule has 0 aliphatic rings. The zero-order chi connectivity index (χ0) is 13.5. The molecular weight excluding hydrogens is 238 g/mol. The van der Waals surface area contributed by atoms with Crippen LogP contribution in [-0.2, 0) is 0 Å². The average molecular weight is 257 g/mol. The van der Waals surface area contributed by atoms with Crippen LogP contribution in [0.4, 0.5) is 5.95 Å². The highest BCUT2D eigenvalue weighted by atomic mass is 16.2. The first-order valence-electron chi connectivity index (χ1n) is 6.50. The van der Waals surface area contributed by atoms with E-state index in [1.807, 2.05) is 25.1 Å². The van der Waals surface area contributed by atoms with E-state index in [-0.39, 0.29) is 12.6 Å². The minimum atomic E-state index is 0.121. The van der Waals surface area contributed by atoms with Gasteiger partial charge in [0.15, 0.2) is 0 Å². The van der Waals surface area contributed by atoms with Crippen LogP contribution >= 0.6 is 0 Å². The van der Waals surface area contributed by atoms with E-state index in [2.05, 4.69) is 27.4 Å². The molecule has 1 aromatic heterocycles. The van der Waals surface area contributed by atoms with Gasteiger partial charge in [-0.1, -0.05) is 30.3 Å². The Kier molecular flexibility index (Phi) is 4.86. The van der Waals surface area contributed by atoms with Crippen molar-refractivity contribution >= 4 is 5.95 Å². The second-order valence-electron chi connectivity index (χ2n) is 4.56. The summed E-state index contributed by atoms with van der Waals surface area (Å²) in [6.45, 7) is 2.16.